The van der Waals surface area contributed by atoms with Gasteiger partial charge in [0.25, 0.3) is 0 Å². The number of hydrogen-bond acceptors (Lipinski definition) is 6. The zero-order valence-corrected chi connectivity index (χ0v) is 20.8. The Balaban J connectivity index is 1.99. The molecule has 0 radical (unpaired) electrons. The number of benzene rings is 1. The maximum atomic E-state index is 13.6. The minimum atomic E-state index is -3.96. The molecular formula is C23H30N4O6S. The van der Waals surface area contributed by atoms with Crippen molar-refractivity contribution in [1.82, 2.24) is 15.1 Å². The van der Waals surface area contributed by atoms with Crippen LogP contribution in [0.5, 0.6) is 0 Å². The Hall–Kier alpha value is -3.21. The molecule has 0 bridgehead atoms. The number of amides is 3. The molecule has 1 atom stereocenters. The number of nitrogens with zero attached hydrogens (tertiary/aromatic N) is 3. The highest BCUT2D eigenvalue weighted by atomic mass is 32.2. The van der Waals surface area contributed by atoms with E-state index in [1.165, 1.54) is 24.3 Å². The van der Waals surface area contributed by atoms with Gasteiger partial charge in [0, 0.05) is 12.5 Å². The van der Waals surface area contributed by atoms with Gasteiger partial charge in [-0.2, -0.15) is 5.10 Å². The summed E-state index contributed by atoms with van der Waals surface area (Å²) in [5.41, 5.74) is 0.423. The van der Waals surface area contributed by atoms with Crippen molar-refractivity contribution in [3.8, 4) is 0 Å². The van der Waals surface area contributed by atoms with Gasteiger partial charge in [-0.1, -0.05) is 27.7 Å². The van der Waals surface area contributed by atoms with E-state index in [1.807, 2.05) is 6.92 Å². The van der Waals surface area contributed by atoms with Crippen LogP contribution >= 0.6 is 0 Å². The number of aryl methyl sites for hydroxylation is 1. The van der Waals surface area contributed by atoms with E-state index >= 15 is 0 Å². The molecule has 0 spiro atoms. The number of carbonyl (C=O) groups excluding carboxylic acids is 2. The lowest BCUT2D eigenvalue weighted by Gasteiger charge is -2.18. The Kier molecular flexibility index (Phi) is 6.88. The smallest absolute Gasteiger partial charge is 0.404 e. The lowest BCUT2D eigenvalue weighted by Crippen LogP contribution is -2.35. The topological polar surface area (TPSA) is 139 Å². The van der Waals surface area contributed by atoms with Crippen molar-refractivity contribution in [2.24, 2.45) is 5.41 Å². The van der Waals surface area contributed by atoms with Gasteiger partial charge in [-0.05, 0) is 44.0 Å². The van der Waals surface area contributed by atoms with Gasteiger partial charge < -0.3 is 10.4 Å². The standard InChI is InChI=1S/C23H30N4O6S/c1-6-17-20(18(7-2)26(25-17)13-14(3)24-22(30)31)34(32,33)16-10-8-15(9-11-16)27-19(28)12-23(4,5)21(27)29/h8-11,14,24H,6-7,12-13H2,1-5H3,(H,30,31)/t14-/m1/s1. The molecule has 0 unspecified atom stereocenters. The minimum Gasteiger partial charge on any atom is -0.465 e. The van der Waals surface area contributed by atoms with Gasteiger partial charge in [-0.15, -0.1) is 0 Å². The fourth-order valence-corrected chi connectivity index (χ4v) is 5.97. The monoisotopic (exact) mass is 490 g/mol. The third kappa shape index (κ3) is 4.56. The number of carbonyl (C=O) groups is 3. The van der Waals surface area contributed by atoms with Crippen LogP contribution in [0.4, 0.5) is 10.5 Å². The molecule has 3 rings (SSSR count). The Morgan fingerprint density at radius 2 is 1.79 bits per heavy atom. The molecule has 11 heteroatoms. The third-order valence-electron chi connectivity index (χ3n) is 5.86. The van der Waals surface area contributed by atoms with Crippen molar-refractivity contribution in [3.63, 3.8) is 0 Å². The van der Waals surface area contributed by atoms with E-state index in [9.17, 15) is 22.8 Å². The largest absolute Gasteiger partial charge is 0.465 e. The minimum absolute atomic E-state index is 0.0234. The van der Waals surface area contributed by atoms with Crippen molar-refractivity contribution < 1.29 is 27.9 Å². The number of imide groups is 1. The summed E-state index contributed by atoms with van der Waals surface area (Å²) >= 11 is 0. The molecule has 10 nitrogen and oxygen atoms in total. The molecule has 0 aliphatic carbocycles. The van der Waals surface area contributed by atoms with Gasteiger partial charge in [-0.25, -0.2) is 13.2 Å². The first-order chi connectivity index (χ1) is 15.8. The maximum Gasteiger partial charge on any atom is 0.404 e. The molecule has 1 fully saturated rings. The number of aromatic nitrogens is 2. The highest BCUT2D eigenvalue weighted by molar-refractivity contribution is 7.91. The number of sulfone groups is 1. The summed E-state index contributed by atoms with van der Waals surface area (Å²) in [5, 5.41) is 15.8. The van der Waals surface area contributed by atoms with Gasteiger partial charge in [0.05, 0.1) is 33.9 Å². The van der Waals surface area contributed by atoms with Gasteiger partial charge in [0.15, 0.2) is 0 Å². The summed E-state index contributed by atoms with van der Waals surface area (Å²) in [7, 11) is -3.96. The zero-order valence-electron chi connectivity index (χ0n) is 20.0. The van der Waals surface area contributed by atoms with Crippen LogP contribution < -0.4 is 10.2 Å². The van der Waals surface area contributed by atoms with Crippen LogP contribution in [0, 0.1) is 5.41 Å². The van der Waals surface area contributed by atoms with Crippen LogP contribution in [-0.2, 0) is 38.8 Å². The summed E-state index contributed by atoms with van der Waals surface area (Å²) in [5.74, 6) is -0.641. The molecule has 2 aromatic rings. The van der Waals surface area contributed by atoms with Crippen molar-refractivity contribution in [2.45, 2.75) is 76.3 Å². The number of rotatable bonds is 8. The lowest BCUT2D eigenvalue weighted by atomic mass is 9.92. The average Bonchev–Trinajstić information content (AvgIpc) is 3.20. The van der Waals surface area contributed by atoms with Crippen LogP contribution in [-0.4, -0.2) is 47.3 Å². The lowest BCUT2D eigenvalue weighted by molar-refractivity contribution is -0.124. The van der Waals surface area contributed by atoms with E-state index in [0.717, 1.165) is 4.90 Å². The predicted octanol–water partition coefficient (Wildman–Crippen LogP) is 2.79. The van der Waals surface area contributed by atoms with E-state index in [-0.39, 0.29) is 34.6 Å². The number of hydrogen-bond donors (Lipinski definition) is 2. The van der Waals surface area contributed by atoms with Crippen molar-refractivity contribution >= 4 is 33.4 Å². The average molecular weight is 491 g/mol. The van der Waals surface area contributed by atoms with E-state index in [2.05, 4.69) is 10.4 Å². The molecule has 184 valence electrons. The first kappa shape index (κ1) is 25.4. The van der Waals surface area contributed by atoms with Crippen molar-refractivity contribution in [1.29, 1.82) is 0 Å². The number of nitrogens with one attached hydrogen (secondary N) is 1. The molecule has 1 aromatic carbocycles. The molecule has 0 saturated carbocycles. The fourth-order valence-electron chi connectivity index (χ4n) is 4.19. The fraction of sp³-hybridized carbons (Fsp3) is 0.478. The molecule has 2 heterocycles. The van der Waals surface area contributed by atoms with Crippen LogP contribution in [0.25, 0.3) is 0 Å². The second-order valence-corrected chi connectivity index (χ2v) is 10.9. The first-order valence-corrected chi connectivity index (χ1v) is 12.6. The van der Waals surface area contributed by atoms with E-state index in [0.29, 0.717) is 29.9 Å². The quantitative estimate of drug-likeness (QED) is 0.543. The summed E-state index contributed by atoms with van der Waals surface area (Å²) in [6, 6.07) is 5.24. The van der Waals surface area contributed by atoms with E-state index < -0.39 is 27.4 Å². The number of carboxylic acid groups (broad SMARTS) is 1. The molecular weight excluding hydrogens is 460 g/mol. The van der Waals surface area contributed by atoms with Gasteiger partial charge in [0.2, 0.25) is 21.7 Å². The predicted molar refractivity (Wildman–Crippen MR) is 124 cm³/mol. The zero-order chi connectivity index (χ0) is 25.4. The molecule has 2 N–H and O–H groups in total. The Morgan fingerprint density at radius 1 is 1.18 bits per heavy atom. The molecule has 34 heavy (non-hydrogen) atoms. The molecule has 1 saturated heterocycles. The highest BCUT2D eigenvalue weighted by Crippen LogP contribution is 2.36. The second-order valence-electron chi connectivity index (χ2n) is 9.05. The van der Waals surface area contributed by atoms with Crippen molar-refractivity contribution in [3.05, 3.63) is 35.7 Å². The molecule has 1 aliphatic rings. The molecule has 1 aromatic heterocycles. The Morgan fingerprint density at radius 3 is 2.26 bits per heavy atom. The van der Waals surface area contributed by atoms with Crippen LogP contribution in [0.2, 0.25) is 0 Å². The summed E-state index contributed by atoms with van der Waals surface area (Å²) in [6.45, 7) is 8.89. The van der Waals surface area contributed by atoms with Crippen LogP contribution in [0.15, 0.2) is 34.1 Å². The van der Waals surface area contributed by atoms with Crippen LogP contribution in [0.1, 0.15) is 52.4 Å². The molecule has 1 aliphatic heterocycles. The number of anilines is 1. The van der Waals surface area contributed by atoms with Crippen molar-refractivity contribution in [2.75, 3.05) is 4.90 Å². The van der Waals surface area contributed by atoms with E-state index in [1.54, 1.807) is 32.4 Å². The van der Waals surface area contributed by atoms with Gasteiger partial charge in [0.1, 0.15) is 4.90 Å². The third-order valence-corrected chi connectivity index (χ3v) is 7.76. The van der Waals surface area contributed by atoms with Gasteiger partial charge >= 0.3 is 6.09 Å². The highest BCUT2D eigenvalue weighted by Gasteiger charge is 2.45. The summed E-state index contributed by atoms with van der Waals surface area (Å²) in [4.78, 5) is 37.1. The summed E-state index contributed by atoms with van der Waals surface area (Å²) in [6.07, 6.45) is -0.315. The Bertz CT molecular complexity index is 1230. The van der Waals surface area contributed by atoms with Gasteiger partial charge in [-0.3, -0.25) is 19.2 Å². The Labute approximate surface area is 198 Å². The van der Waals surface area contributed by atoms with E-state index in [4.69, 9.17) is 5.11 Å². The normalized spacial score (nSPS) is 16.7. The maximum absolute atomic E-state index is 13.6. The van der Waals surface area contributed by atoms with Crippen LogP contribution in [0.3, 0.4) is 0 Å². The molecule has 3 amide bonds. The first-order valence-electron chi connectivity index (χ1n) is 11.1. The second kappa shape index (κ2) is 9.21. The summed E-state index contributed by atoms with van der Waals surface area (Å²) < 4.78 is 28.8. The SMILES string of the molecule is CCc1nn(C[C@@H](C)NC(=O)O)c(CC)c1S(=O)(=O)c1ccc(N2C(=O)CC(C)(C)C2=O)cc1.